The van der Waals surface area contributed by atoms with Crippen LogP contribution in [0.4, 0.5) is 5.69 Å². The van der Waals surface area contributed by atoms with Gasteiger partial charge in [-0.3, -0.25) is 29.0 Å². The number of aliphatic carboxylic acids is 1. The van der Waals surface area contributed by atoms with Gasteiger partial charge in [-0.1, -0.05) is 35.0 Å². The summed E-state index contributed by atoms with van der Waals surface area (Å²) in [6.45, 7) is -0.945. The number of rotatable bonds is 5. The van der Waals surface area contributed by atoms with Crippen molar-refractivity contribution in [2.75, 3.05) is 11.4 Å². The standard InChI is InChI=1S/C22H15ClN4O6/c23-13-6-7-15-14(8-13)22(20(31)26(15)11-18(29)30)9-17(28)27(21(22)32)10-16-24-19(33-25-16)12-4-2-1-3-5-12/h1-8H,9-11H2,(H,29,30). The lowest BCUT2D eigenvalue weighted by molar-refractivity contribution is -0.143. The molecule has 33 heavy (non-hydrogen) atoms. The van der Waals surface area contributed by atoms with Gasteiger partial charge in [-0.25, -0.2) is 0 Å². The molecule has 0 saturated carbocycles. The molecule has 1 spiro atoms. The molecule has 166 valence electrons. The van der Waals surface area contributed by atoms with Gasteiger partial charge in [-0.15, -0.1) is 0 Å². The third kappa shape index (κ3) is 3.18. The molecule has 0 aliphatic carbocycles. The van der Waals surface area contributed by atoms with E-state index in [1.807, 2.05) is 6.07 Å². The molecule has 1 unspecified atom stereocenters. The van der Waals surface area contributed by atoms with Crippen LogP contribution in [0.5, 0.6) is 0 Å². The minimum atomic E-state index is -1.88. The third-order valence-electron chi connectivity index (χ3n) is 5.73. The molecule has 1 atom stereocenters. The Morgan fingerprint density at radius 3 is 2.55 bits per heavy atom. The van der Waals surface area contributed by atoms with E-state index in [9.17, 15) is 24.3 Å². The van der Waals surface area contributed by atoms with Crippen molar-refractivity contribution in [3.05, 3.63) is 64.9 Å². The van der Waals surface area contributed by atoms with Crippen molar-refractivity contribution >= 4 is 41.0 Å². The van der Waals surface area contributed by atoms with Gasteiger partial charge < -0.3 is 9.63 Å². The van der Waals surface area contributed by atoms with Crippen LogP contribution in [-0.2, 0) is 31.1 Å². The lowest BCUT2D eigenvalue weighted by Gasteiger charge is -2.21. The summed E-state index contributed by atoms with van der Waals surface area (Å²) in [6.07, 6.45) is -0.447. The number of likely N-dealkylation sites (tertiary alicyclic amines) is 1. The highest BCUT2D eigenvalue weighted by Crippen LogP contribution is 2.49. The van der Waals surface area contributed by atoms with E-state index in [2.05, 4.69) is 10.1 Å². The first-order chi connectivity index (χ1) is 15.8. The van der Waals surface area contributed by atoms with Crippen molar-refractivity contribution in [2.45, 2.75) is 18.4 Å². The number of benzene rings is 2. The largest absolute Gasteiger partial charge is 0.480 e. The normalized spacial score (nSPS) is 19.6. The van der Waals surface area contributed by atoms with Crippen LogP contribution in [0.25, 0.3) is 11.5 Å². The van der Waals surface area contributed by atoms with Crippen LogP contribution in [0, 0.1) is 0 Å². The summed E-state index contributed by atoms with van der Waals surface area (Å²) in [5.41, 5.74) is -0.759. The zero-order chi connectivity index (χ0) is 23.3. The number of hydrogen-bond donors (Lipinski definition) is 1. The average Bonchev–Trinajstić information content (AvgIpc) is 3.42. The fraction of sp³-hybridized carbons (Fsp3) is 0.182. The van der Waals surface area contributed by atoms with Gasteiger partial charge >= 0.3 is 5.97 Å². The summed E-state index contributed by atoms with van der Waals surface area (Å²) in [4.78, 5) is 57.2. The highest BCUT2D eigenvalue weighted by atomic mass is 35.5. The molecule has 2 aromatic carbocycles. The van der Waals surface area contributed by atoms with Gasteiger partial charge in [0.25, 0.3) is 5.89 Å². The van der Waals surface area contributed by atoms with E-state index < -0.39 is 42.1 Å². The zero-order valence-electron chi connectivity index (χ0n) is 16.9. The molecule has 5 rings (SSSR count). The van der Waals surface area contributed by atoms with Crippen molar-refractivity contribution in [1.29, 1.82) is 0 Å². The van der Waals surface area contributed by atoms with E-state index in [1.165, 1.54) is 18.2 Å². The van der Waals surface area contributed by atoms with E-state index in [0.29, 0.717) is 5.56 Å². The zero-order valence-corrected chi connectivity index (χ0v) is 17.7. The van der Waals surface area contributed by atoms with Crippen molar-refractivity contribution in [2.24, 2.45) is 0 Å². The van der Waals surface area contributed by atoms with E-state index in [4.69, 9.17) is 16.1 Å². The van der Waals surface area contributed by atoms with Crippen LogP contribution < -0.4 is 4.90 Å². The van der Waals surface area contributed by atoms with Gasteiger partial charge in [-0.05, 0) is 30.3 Å². The summed E-state index contributed by atoms with van der Waals surface area (Å²) < 4.78 is 5.23. The number of imide groups is 1. The summed E-state index contributed by atoms with van der Waals surface area (Å²) in [5.74, 6) is -3.10. The SMILES string of the molecule is O=C(O)CN1C(=O)C2(CC(=O)N(Cc3noc(-c4ccccc4)n3)C2=O)c2cc(Cl)ccc21. The first-order valence-electron chi connectivity index (χ1n) is 9.88. The van der Waals surface area contributed by atoms with Crippen molar-refractivity contribution in [1.82, 2.24) is 15.0 Å². The Hall–Kier alpha value is -4.05. The monoisotopic (exact) mass is 466 g/mol. The van der Waals surface area contributed by atoms with E-state index in [1.54, 1.807) is 24.3 Å². The number of carboxylic acids is 1. The number of carbonyl (C=O) groups excluding carboxylic acids is 3. The first-order valence-corrected chi connectivity index (χ1v) is 10.3. The molecule has 2 aliphatic rings. The lowest BCUT2D eigenvalue weighted by Crippen LogP contribution is -2.47. The molecular weight excluding hydrogens is 452 g/mol. The molecule has 3 amide bonds. The van der Waals surface area contributed by atoms with Crippen LogP contribution in [0.15, 0.2) is 53.1 Å². The van der Waals surface area contributed by atoms with Crippen LogP contribution in [0.3, 0.4) is 0 Å². The second-order valence-electron chi connectivity index (χ2n) is 7.70. The predicted octanol–water partition coefficient (Wildman–Crippen LogP) is 2.02. The summed E-state index contributed by atoms with van der Waals surface area (Å²) in [6, 6.07) is 13.4. The second kappa shape index (κ2) is 7.52. The molecule has 3 heterocycles. The Morgan fingerprint density at radius 1 is 1.09 bits per heavy atom. The number of anilines is 1. The fourth-order valence-corrected chi connectivity index (χ4v) is 4.44. The van der Waals surface area contributed by atoms with Gasteiger partial charge in [0, 0.05) is 21.8 Å². The van der Waals surface area contributed by atoms with Gasteiger partial charge in [0.2, 0.25) is 17.7 Å². The van der Waals surface area contributed by atoms with Crippen molar-refractivity contribution < 1.29 is 28.8 Å². The van der Waals surface area contributed by atoms with Crippen LogP contribution >= 0.6 is 11.6 Å². The molecule has 1 aromatic heterocycles. The summed E-state index contributed by atoms with van der Waals surface area (Å²) in [7, 11) is 0. The fourth-order valence-electron chi connectivity index (χ4n) is 4.27. The smallest absolute Gasteiger partial charge is 0.323 e. The lowest BCUT2D eigenvalue weighted by atomic mass is 9.80. The Labute approximate surface area is 191 Å². The number of nitrogens with zero attached hydrogens (tertiary/aromatic N) is 4. The van der Waals surface area contributed by atoms with Crippen molar-refractivity contribution in [3.63, 3.8) is 0 Å². The predicted molar refractivity (Wildman–Crippen MR) is 113 cm³/mol. The topological polar surface area (TPSA) is 134 Å². The number of fused-ring (bicyclic) bond motifs is 2. The number of halogens is 1. The Balaban J connectivity index is 1.49. The highest BCUT2D eigenvalue weighted by Gasteiger charge is 2.64. The Kier molecular flexibility index (Phi) is 4.75. The highest BCUT2D eigenvalue weighted by molar-refractivity contribution is 6.32. The van der Waals surface area contributed by atoms with Gasteiger partial charge in [0.1, 0.15) is 6.54 Å². The van der Waals surface area contributed by atoms with Gasteiger partial charge in [-0.2, -0.15) is 4.98 Å². The molecule has 2 aliphatic heterocycles. The molecule has 1 N–H and O–H groups in total. The number of carbonyl (C=O) groups is 4. The maximum absolute atomic E-state index is 13.5. The number of aromatic nitrogens is 2. The molecule has 0 radical (unpaired) electrons. The van der Waals surface area contributed by atoms with E-state index in [0.717, 1.165) is 9.80 Å². The molecule has 1 saturated heterocycles. The van der Waals surface area contributed by atoms with Gasteiger partial charge in [0.15, 0.2) is 11.2 Å². The van der Waals surface area contributed by atoms with E-state index in [-0.39, 0.29) is 34.5 Å². The maximum Gasteiger partial charge on any atom is 0.323 e. The number of carboxylic acid groups (broad SMARTS) is 1. The van der Waals surface area contributed by atoms with E-state index >= 15 is 0 Å². The molecule has 0 bridgehead atoms. The Morgan fingerprint density at radius 2 is 1.82 bits per heavy atom. The summed E-state index contributed by atoms with van der Waals surface area (Å²) in [5, 5.41) is 13.4. The quantitative estimate of drug-likeness (QED) is 0.446. The van der Waals surface area contributed by atoms with Crippen LogP contribution in [0.2, 0.25) is 5.02 Å². The second-order valence-corrected chi connectivity index (χ2v) is 8.13. The Bertz CT molecular complexity index is 1320. The van der Waals surface area contributed by atoms with Crippen LogP contribution in [0.1, 0.15) is 17.8 Å². The minimum Gasteiger partial charge on any atom is -0.480 e. The minimum absolute atomic E-state index is 0.0896. The molecular formula is C22H15ClN4O6. The summed E-state index contributed by atoms with van der Waals surface area (Å²) >= 11 is 6.11. The molecule has 11 heteroatoms. The van der Waals surface area contributed by atoms with Crippen LogP contribution in [-0.4, -0.2) is 50.4 Å². The number of amides is 3. The van der Waals surface area contributed by atoms with Crippen molar-refractivity contribution in [3.8, 4) is 11.5 Å². The molecule has 10 nitrogen and oxygen atoms in total. The average molecular weight is 467 g/mol. The molecule has 3 aromatic rings. The first kappa shape index (κ1) is 20.8. The third-order valence-corrected chi connectivity index (χ3v) is 5.96. The number of hydrogen-bond acceptors (Lipinski definition) is 7. The van der Waals surface area contributed by atoms with Gasteiger partial charge in [0.05, 0.1) is 13.0 Å². The maximum atomic E-state index is 13.5. The molecule has 1 fully saturated rings.